The first-order valence-corrected chi connectivity index (χ1v) is 13.2. The van der Waals surface area contributed by atoms with Crippen molar-refractivity contribution < 1.29 is 19.3 Å². The predicted octanol–water partition coefficient (Wildman–Crippen LogP) is 3.71. The minimum Gasteiger partial charge on any atom is -0.456 e. The van der Waals surface area contributed by atoms with E-state index in [2.05, 4.69) is 45.7 Å². The summed E-state index contributed by atoms with van der Waals surface area (Å²) in [6, 6.07) is 18.5. The lowest BCUT2D eigenvalue weighted by Crippen LogP contribution is -2.34. The van der Waals surface area contributed by atoms with Crippen molar-refractivity contribution in [2.24, 2.45) is 5.73 Å². The summed E-state index contributed by atoms with van der Waals surface area (Å²) in [5.74, 6) is 0. The maximum absolute atomic E-state index is 9.95. The van der Waals surface area contributed by atoms with Crippen LogP contribution in [0.5, 0.6) is 6.01 Å². The van der Waals surface area contributed by atoms with Gasteiger partial charge in [0.25, 0.3) is 6.01 Å². The lowest BCUT2D eigenvalue weighted by molar-refractivity contribution is 0.00706. The Balaban J connectivity index is 1.18. The third-order valence-corrected chi connectivity index (χ3v) is 7.57. The average Bonchev–Trinajstić information content (AvgIpc) is 3.64. The molecule has 0 saturated carbocycles. The molecule has 0 bridgehead atoms. The molecule has 9 nitrogen and oxygen atoms in total. The average molecular weight is 548 g/mol. The Labute approximate surface area is 231 Å². The molecule has 39 heavy (non-hydrogen) atoms. The van der Waals surface area contributed by atoms with Gasteiger partial charge in [0.1, 0.15) is 18.3 Å². The number of halogens is 1. The van der Waals surface area contributed by atoms with E-state index < -0.39 is 6.10 Å². The van der Waals surface area contributed by atoms with Gasteiger partial charge < -0.3 is 34.9 Å². The van der Waals surface area contributed by atoms with E-state index in [-0.39, 0.29) is 24.9 Å². The Morgan fingerprint density at radius 1 is 1.08 bits per heavy atom. The van der Waals surface area contributed by atoms with Crippen LogP contribution in [0.25, 0.3) is 39.2 Å². The van der Waals surface area contributed by atoms with Crippen molar-refractivity contribution in [3.05, 3.63) is 71.8 Å². The van der Waals surface area contributed by atoms with E-state index in [0.29, 0.717) is 41.0 Å². The van der Waals surface area contributed by atoms with E-state index in [4.69, 9.17) is 36.5 Å². The van der Waals surface area contributed by atoms with Gasteiger partial charge in [-0.3, -0.25) is 0 Å². The van der Waals surface area contributed by atoms with Crippen LogP contribution < -0.4 is 10.5 Å². The standard InChI is InChI=1S/C29H30ClN5O4/c1-16(35(2)12-11-31)17-3-5-18(6-4-17)19-7-9-20(10-8-19)25-21(30)13-22-28(33-25)34-29(32-22)39-24-15-38-26-23(36)14-37-27(24)26/h3-10,13,23-24,26-27,36H,1,11-12,14-15,31H2,2H3,(H,32,33,34)/t23-,24-,26-,27?/m1/s1. The van der Waals surface area contributed by atoms with Crippen LogP contribution in [-0.2, 0) is 9.47 Å². The zero-order valence-electron chi connectivity index (χ0n) is 21.5. The second kappa shape index (κ2) is 10.6. The Morgan fingerprint density at radius 2 is 1.74 bits per heavy atom. The third-order valence-electron chi connectivity index (χ3n) is 7.28. The minimum absolute atomic E-state index is 0.239. The first kappa shape index (κ1) is 25.8. The topological polar surface area (TPSA) is 119 Å². The van der Waals surface area contributed by atoms with Gasteiger partial charge in [-0.2, -0.15) is 4.98 Å². The smallest absolute Gasteiger partial charge is 0.296 e. The van der Waals surface area contributed by atoms with Crippen molar-refractivity contribution >= 4 is 28.5 Å². The summed E-state index contributed by atoms with van der Waals surface area (Å²) in [6.07, 6.45) is -1.70. The number of pyridine rings is 1. The highest BCUT2D eigenvalue weighted by Crippen LogP contribution is 2.33. The highest BCUT2D eigenvalue weighted by molar-refractivity contribution is 6.33. The number of nitrogens with two attached hydrogens (primary N) is 1. The van der Waals surface area contributed by atoms with E-state index in [1.807, 2.05) is 31.3 Å². The van der Waals surface area contributed by atoms with Crippen LogP contribution >= 0.6 is 11.6 Å². The normalized spacial score (nSPS) is 22.3. The highest BCUT2D eigenvalue weighted by atomic mass is 35.5. The van der Waals surface area contributed by atoms with E-state index in [1.54, 1.807) is 6.07 Å². The Bertz CT molecular complexity index is 1490. The van der Waals surface area contributed by atoms with E-state index in [9.17, 15) is 5.11 Å². The maximum atomic E-state index is 9.95. The van der Waals surface area contributed by atoms with Crippen molar-refractivity contribution in [3.8, 4) is 28.4 Å². The van der Waals surface area contributed by atoms with Crippen molar-refractivity contribution in [1.29, 1.82) is 0 Å². The van der Waals surface area contributed by atoms with Gasteiger partial charge in [-0.1, -0.05) is 66.7 Å². The van der Waals surface area contributed by atoms with Crippen molar-refractivity contribution in [2.45, 2.75) is 24.4 Å². The number of aliphatic hydroxyl groups excluding tert-OH is 1. The molecule has 0 amide bonds. The van der Waals surface area contributed by atoms with Crippen LogP contribution in [0.15, 0.2) is 61.2 Å². The lowest BCUT2D eigenvalue weighted by Gasteiger charge is -2.21. The fourth-order valence-electron chi connectivity index (χ4n) is 5.07. The molecular formula is C29H30ClN5O4. The summed E-state index contributed by atoms with van der Waals surface area (Å²) in [5, 5.41) is 10.5. The number of nitrogens with one attached hydrogen (secondary N) is 1. The van der Waals surface area contributed by atoms with E-state index >= 15 is 0 Å². The van der Waals surface area contributed by atoms with Crippen LogP contribution in [0, 0.1) is 0 Å². The molecule has 0 aliphatic carbocycles. The largest absolute Gasteiger partial charge is 0.456 e. The summed E-state index contributed by atoms with van der Waals surface area (Å²) in [7, 11) is 1.99. The number of nitrogens with zero attached hydrogens (tertiary/aromatic N) is 3. The summed E-state index contributed by atoms with van der Waals surface area (Å²) in [5.41, 5.74) is 12.5. The number of hydrogen-bond donors (Lipinski definition) is 3. The SMILES string of the molecule is C=C(c1ccc(-c2ccc(-c3nc4nc(O[C@@H]5CO[C@H]6C5OC[C@H]6O)[nH]c4cc3Cl)cc2)cc1)N(C)CCN. The number of aromatic amines is 1. The minimum atomic E-state index is -0.637. The first-order chi connectivity index (χ1) is 18.9. The van der Waals surface area contributed by atoms with Gasteiger partial charge in [-0.25, -0.2) is 4.98 Å². The molecular weight excluding hydrogens is 518 g/mol. The molecule has 0 radical (unpaired) electrons. The lowest BCUT2D eigenvalue weighted by atomic mass is 10.0. The number of fused-ring (bicyclic) bond motifs is 2. The van der Waals surface area contributed by atoms with Crippen LogP contribution in [0.3, 0.4) is 0 Å². The molecule has 6 rings (SSSR count). The molecule has 2 aromatic heterocycles. The molecule has 2 aliphatic rings. The van der Waals surface area contributed by atoms with Gasteiger partial charge in [-0.05, 0) is 22.8 Å². The zero-order chi connectivity index (χ0) is 27.1. The van der Waals surface area contributed by atoms with Crippen LogP contribution in [0.4, 0.5) is 0 Å². The summed E-state index contributed by atoms with van der Waals surface area (Å²) in [4.78, 5) is 14.4. The van der Waals surface area contributed by atoms with E-state index in [1.165, 1.54) is 0 Å². The molecule has 2 aliphatic heterocycles. The van der Waals surface area contributed by atoms with Crippen molar-refractivity contribution in [1.82, 2.24) is 19.9 Å². The molecule has 2 aromatic carbocycles. The van der Waals surface area contributed by atoms with Gasteiger partial charge in [0.15, 0.2) is 11.8 Å². The number of hydrogen-bond acceptors (Lipinski definition) is 8. The fourth-order valence-corrected chi connectivity index (χ4v) is 5.33. The number of benzene rings is 2. The quantitative estimate of drug-likeness (QED) is 0.305. The summed E-state index contributed by atoms with van der Waals surface area (Å²) >= 11 is 6.62. The summed E-state index contributed by atoms with van der Waals surface area (Å²) in [6.45, 7) is 6.07. The zero-order valence-corrected chi connectivity index (χ0v) is 22.3. The first-order valence-electron chi connectivity index (χ1n) is 12.9. The monoisotopic (exact) mass is 547 g/mol. The highest BCUT2D eigenvalue weighted by Gasteiger charge is 2.48. The van der Waals surface area contributed by atoms with E-state index in [0.717, 1.165) is 34.5 Å². The Hall–Kier alpha value is -3.47. The number of ether oxygens (including phenoxy) is 3. The second-order valence-electron chi connectivity index (χ2n) is 9.86. The second-order valence-corrected chi connectivity index (χ2v) is 10.3. The molecule has 4 heterocycles. The fraction of sp³-hybridized carbons (Fsp3) is 0.310. The Morgan fingerprint density at radius 3 is 2.46 bits per heavy atom. The van der Waals surface area contributed by atoms with Gasteiger partial charge in [0, 0.05) is 31.4 Å². The number of aliphatic hydroxyl groups is 1. The molecule has 4 aromatic rings. The molecule has 1 unspecified atom stereocenters. The molecule has 4 atom stereocenters. The number of aromatic nitrogens is 3. The molecule has 0 spiro atoms. The van der Waals surface area contributed by atoms with Gasteiger partial charge in [0.2, 0.25) is 0 Å². The van der Waals surface area contributed by atoms with Crippen LogP contribution in [0.1, 0.15) is 5.56 Å². The van der Waals surface area contributed by atoms with Gasteiger partial charge in [-0.15, -0.1) is 0 Å². The summed E-state index contributed by atoms with van der Waals surface area (Å²) < 4.78 is 17.3. The number of rotatable bonds is 8. The maximum Gasteiger partial charge on any atom is 0.296 e. The van der Waals surface area contributed by atoms with Crippen molar-refractivity contribution in [3.63, 3.8) is 0 Å². The molecule has 202 valence electrons. The predicted molar refractivity (Wildman–Crippen MR) is 150 cm³/mol. The third kappa shape index (κ3) is 4.99. The molecule has 2 saturated heterocycles. The van der Waals surface area contributed by atoms with Crippen molar-refractivity contribution in [2.75, 3.05) is 33.4 Å². The molecule has 10 heteroatoms. The number of likely N-dealkylation sites (N-methyl/N-ethyl adjacent to an activating group) is 1. The van der Waals surface area contributed by atoms with Gasteiger partial charge >= 0.3 is 0 Å². The Kier molecular flexibility index (Phi) is 7.01. The van der Waals surface area contributed by atoms with Crippen LogP contribution in [-0.4, -0.2) is 82.7 Å². The molecule has 4 N–H and O–H groups in total. The molecule has 2 fully saturated rings. The number of H-pyrrole nitrogens is 1. The van der Waals surface area contributed by atoms with Gasteiger partial charge in [0.05, 0.1) is 29.4 Å². The number of imidazole rings is 1. The van der Waals surface area contributed by atoms with Crippen LogP contribution in [0.2, 0.25) is 5.02 Å².